The third kappa shape index (κ3) is 1.94. The predicted octanol–water partition coefficient (Wildman–Crippen LogP) is 2.60. The Morgan fingerprint density at radius 3 is 2.89 bits per heavy atom. The first-order chi connectivity index (χ1) is 8.63. The van der Waals surface area contributed by atoms with Crippen LogP contribution in [0.15, 0.2) is 30.3 Å². The van der Waals surface area contributed by atoms with Gasteiger partial charge in [0, 0.05) is 15.4 Å². The highest BCUT2D eigenvalue weighted by Gasteiger charge is 2.19. The van der Waals surface area contributed by atoms with Crippen molar-refractivity contribution in [1.29, 1.82) is 0 Å². The van der Waals surface area contributed by atoms with Crippen LogP contribution in [-0.4, -0.2) is 5.91 Å². The number of carbonyl (C=O) groups is 1. The Bertz CT molecular complexity index is 618. The van der Waals surface area contributed by atoms with E-state index in [1.165, 1.54) is 4.88 Å². The standard InChI is InChI=1S/C14H14N2OS/c1-8-2-5-12(18-8)14(15)9-3-4-11-10(6-9)7-13(17)16-11/h2-6,14H,7,15H2,1H3,(H,16,17). The van der Waals surface area contributed by atoms with Crippen LogP contribution in [0.1, 0.15) is 26.9 Å². The van der Waals surface area contributed by atoms with Gasteiger partial charge in [-0.15, -0.1) is 11.3 Å². The molecule has 18 heavy (non-hydrogen) atoms. The molecule has 92 valence electrons. The van der Waals surface area contributed by atoms with Crippen LogP contribution >= 0.6 is 11.3 Å². The molecule has 1 aliphatic rings. The summed E-state index contributed by atoms with van der Waals surface area (Å²) in [4.78, 5) is 13.7. The number of rotatable bonds is 2. The van der Waals surface area contributed by atoms with Crippen molar-refractivity contribution >= 4 is 22.9 Å². The number of hydrogen-bond donors (Lipinski definition) is 2. The van der Waals surface area contributed by atoms with Crippen molar-refractivity contribution in [3.05, 3.63) is 51.2 Å². The van der Waals surface area contributed by atoms with E-state index in [4.69, 9.17) is 5.73 Å². The van der Waals surface area contributed by atoms with Gasteiger partial charge in [-0.2, -0.15) is 0 Å². The normalized spacial score (nSPS) is 15.3. The molecule has 4 heteroatoms. The van der Waals surface area contributed by atoms with E-state index in [1.807, 2.05) is 18.2 Å². The lowest BCUT2D eigenvalue weighted by molar-refractivity contribution is -0.115. The number of anilines is 1. The number of nitrogens with two attached hydrogens (primary N) is 1. The van der Waals surface area contributed by atoms with Gasteiger partial charge < -0.3 is 11.1 Å². The fourth-order valence-electron chi connectivity index (χ4n) is 2.23. The van der Waals surface area contributed by atoms with E-state index >= 15 is 0 Å². The van der Waals surface area contributed by atoms with Gasteiger partial charge in [-0.05, 0) is 36.2 Å². The topological polar surface area (TPSA) is 55.1 Å². The lowest BCUT2D eigenvalue weighted by atomic mass is 10.0. The molecule has 3 rings (SSSR count). The minimum Gasteiger partial charge on any atom is -0.326 e. The molecule has 1 aromatic carbocycles. The molecule has 0 bridgehead atoms. The first-order valence-corrected chi connectivity index (χ1v) is 6.70. The first kappa shape index (κ1) is 11.4. The molecule has 0 spiro atoms. The van der Waals surface area contributed by atoms with E-state index in [-0.39, 0.29) is 11.9 Å². The Morgan fingerprint density at radius 2 is 2.17 bits per heavy atom. The lowest BCUT2D eigenvalue weighted by Crippen LogP contribution is -2.10. The summed E-state index contributed by atoms with van der Waals surface area (Å²) < 4.78 is 0. The van der Waals surface area contributed by atoms with Crippen molar-refractivity contribution in [2.75, 3.05) is 5.32 Å². The molecule has 1 aromatic heterocycles. The fraction of sp³-hybridized carbons (Fsp3) is 0.214. The van der Waals surface area contributed by atoms with E-state index in [2.05, 4.69) is 24.4 Å². The van der Waals surface area contributed by atoms with Crippen molar-refractivity contribution in [3.8, 4) is 0 Å². The molecule has 3 N–H and O–H groups in total. The van der Waals surface area contributed by atoms with Crippen molar-refractivity contribution < 1.29 is 4.79 Å². The highest BCUT2D eigenvalue weighted by Crippen LogP contribution is 2.30. The number of hydrogen-bond acceptors (Lipinski definition) is 3. The second-order valence-corrected chi connectivity index (χ2v) is 5.89. The van der Waals surface area contributed by atoms with Gasteiger partial charge in [-0.3, -0.25) is 4.79 Å². The summed E-state index contributed by atoms with van der Waals surface area (Å²) >= 11 is 1.72. The molecule has 0 fully saturated rings. The maximum Gasteiger partial charge on any atom is 0.228 e. The van der Waals surface area contributed by atoms with Crippen molar-refractivity contribution in [2.24, 2.45) is 5.73 Å². The number of fused-ring (bicyclic) bond motifs is 1. The highest BCUT2D eigenvalue weighted by molar-refractivity contribution is 7.12. The summed E-state index contributed by atoms with van der Waals surface area (Å²) in [5.41, 5.74) is 9.28. The molecule has 0 radical (unpaired) electrons. The maximum atomic E-state index is 11.3. The Labute approximate surface area is 110 Å². The second kappa shape index (κ2) is 4.23. The molecule has 3 nitrogen and oxygen atoms in total. The summed E-state index contributed by atoms with van der Waals surface area (Å²) in [6, 6.07) is 10.0. The molecular weight excluding hydrogens is 244 g/mol. The maximum absolute atomic E-state index is 11.3. The van der Waals surface area contributed by atoms with Crippen molar-refractivity contribution in [1.82, 2.24) is 0 Å². The molecule has 2 aromatic rings. The highest BCUT2D eigenvalue weighted by atomic mass is 32.1. The molecule has 1 unspecified atom stereocenters. The molecular formula is C14H14N2OS. The van der Waals surface area contributed by atoms with Gasteiger partial charge in [0.1, 0.15) is 0 Å². The van der Waals surface area contributed by atoms with Gasteiger partial charge in [0.25, 0.3) is 0 Å². The Balaban J connectivity index is 1.94. The fourth-order valence-corrected chi connectivity index (χ4v) is 3.13. The minimum atomic E-state index is -0.107. The summed E-state index contributed by atoms with van der Waals surface area (Å²) in [5.74, 6) is 0.0580. The van der Waals surface area contributed by atoms with E-state index in [0.29, 0.717) is 6.42 Å². The second-order valence-electron chi connectivity index (χ2n) is 4.57. The SMILES string of the molecule is Cc1ccc(C(N)c2ccc3c(c2)CC(=O)N3)s1. The van der Waals surface area contributed by atoms with Crippen molar-refractivity contribution in [3.63, 3.8) is 0 Å². The monoisotopic (exact) mass is 258 g/mol. The smallest absolute Gasteiger partial charge is 0.228 e. The van der Waals surface area contributed by atoms with Crippen LogP contribution in [0.4, 0.5) is 5.69 Å². The van der Waals surface area contributed by atoms with Crippen LogP contribution in [0.2, 0.25) is 0 Å². The van der Waals surface area contributed by atoms with Gasteiger partial charge in [0.15, 0.2) is 0 Å². The first-order valence-electron chi connectivity index (χ1n) is 5.88. The Morgan fingerprint density at radius 1 is 1.33 bits per heavy atom. The number of carbonyl (C=O) groups excluding carboxylic acids is 1. The van der Waals surface area contributed by atoms with E-state index < -0.39 is 0 Å². The number of nitrogens with one attached hydrogen (secondary N) is 1. The molecule has 1 amide bonds. The number of amides is 1. The molecule has 0 saturated carbocycles. The number of aryl methyl sites for hydroxylation is 1. The van der Waals surface area contributed by atoms with Crippen molar-refractivity contribution in [2.45, 2.75) is 19.4 Å². The third-order valence-corrected chi connectivity index (χ3v) is 4.26. The third-order valence-electron chi connectivity index (χ3n) is 3.18. The van der Waals surface area contributed by atoms with Gasteiger partial charge in [0.2, 0.25) is 5.91 Å². The van der Waals surface area contributed by atoms with Crippen LogP contribution in [0.25, 0.3) is 0 Å². The van der Waals surface area contributed by atoms with E-state index in [1.54, 1.807) is 11.3 Å². The summed E-state index contributed by atoms with van der Waals surface area (Å²) in [5, 5.41) is 2.83. The average molecular weight is 258 g/mol. The number of benzene rings is 1. The predicted molar refractivity (Wildman–Crippen MR) is 73.9 cm³/mol. The van der Waals surface area contributed by atoms with E-state index in [9.17, 15) is 4.79 Å². The lowest BCUT2D eigenvalue weighted by Gasteiger charge is -2.11. The number of thiophene rings is 1. The molecule has 1 atom stereocenters. The molecule has 0 saturated heterocycles. The van der Waals surface area contributed by atoms with Gasteiger partial charge in [-0.25, -0.2) is 0 Å². The van der Waals surface area contributed by atoms with Crippen LogP contribution in [0.5, 0.6) is 0 Å². The largest absolute Gasteiger partial charge is 0.326 e. The average Bonchev–Trinajstić information content (AvgIpc) is 2.92. The molecule has 0 aliphatic carbocycles. The van der Waals surface area contributed by atoms with Gasteiger partial charge in [-0.1, -0.05) is 12.1 Å². The Kier molecular flexibility index (Phi) is 2.69. The van der Waals surface area contributed by atoms with Gasteiger partial charge in [0.05, 0.1) is 12.5 Å². The quantitative estimate of drug-likeness (QED) is 0.870. The van der Waals surface area contributed by atoms with Crippen LogP contribution in [0.3, 0.4) is 0 Å². The van der Waals surface area contributed by atoms with E-state index in [0.717, 1.165) is 21.7 Å². The van der Waals surface area contributed by atoms with Crippen LogP contribution in [0, 0.1) is 6.92 Å². The summed E-state index contributed by atoms with van der Waals surface area (Å²) in [6.45, 7) is 2.08. The molecule has 1 aliphatic heterocycles. The zero-order valence-electron chi connectivity index (χ0n) is 10.1. The van der Waals surface area contributed by atoms with Gasteiger partial charge >= 0.3 is 0 Å². The minimum absolute atomic E-state index is 0.0580. The summed E-state index contributed by atoms with van der Waals surface area (Å²) in [6.07, 6.45) is 0.458. The van der Waals surface area contributed by atoms with Crippen LogP contribution < -0.4 is 11.1 Å². The zero-order chi connectivity index (χ0) is 12.7. The Hall–Kier alpha value is -1.65. The molecule has 2 heterocycles. The zero-order valence-corrected chi connectivity index (χ0v) is 10.9. The summed E-state index contributed by atoms with van der Waals surface area (Å²) in [7, 11) is 0. The van der Waals surface area contributed by atoms with Crippen LogP contribution in [-0.2, 0) is 11.2 Å².